The molecule has 0 aliphatic rings. The highest BCUT2D eigenvalue weighted by Gasteiger charge is 2.31. The standard InChI is InChI=1S/C28H33FN2O5/c1-28(2,3)31(27(33)21-8-6-9-22(29)17-21)19-26(32)30(18-23-10-7-15-36-23)14-13-20-11-12-24(34-4)25(16-20)35-5/h6-12,15-17H,13-14,18-19H2,1-5H3. The molecule has 3 rings (SSSR count). The molecule has 0 aliphatic carbocycles. The van der Waals surface area contributed by atoms with Crippen molar-refractivity contribution in [3.63, 3.8) is 0 Å². The molecule has 7 nitrogen and oxygen atoms in total. The summed E-state index contributed by atoms with van der Waals surface area (Å²) in [5.74, 6) is 0.713. The van der Waals surface area contributed by atoms with E-state index in [4.69, 9.17) is 13.9 Å². The number of methoxy groups -OCH3 is 2. The number of hydrogen-bond donors (Lipinski definition) is 0. The van der Waals surface area contributed by atoms with Crippen molar-refractivity contribution < 1.29 is 27.9 Å². The molecule has 0 radical (unpaired) electrons. The molecule has 2 amide bonds. The molecule has 8 heteroatoms. The molecule has 0 fully saturated rings. The molecule has 0 unspecified atom stereocenters. The number of nitrogens with zero attached hydrogens (tertiary/aromatic N) is 2. The molecule has 3 aromatic rings. The highest BCUT2D eigenvalue weighted by molar-refractivity contribution is 5.97. The van der Waals surface area contributed by atoms with Gasteiger partial charge in [-0.05, 0) is 75.2 Å². The van der Waals surface area contributed by atoms with Crippen molar-refractivity contribution in [3.8, 4) is 11.5 Å². The Morgan fingerprint density at radius 2 is 1.72 bits per heavy atom. The van der Waals surface area contributed by atoms with Crippen LogP contribution in [0.15, 0.2) is 65.3 Å². The summed E-state index contributed by atoms with van der Waals surface area (Å²) in [6.45, 7) is 6.02. The number of furan rings is 1. The van der Waals surface area contributed by atoms with Crippen LogP contribution in [0.5, 0.6) is 11.5 Å². The minimum absolute atomic E-state index is 0.161. The summed E-state index contributed by atoms with van der Waals surface area (Å²) in [5.41, 5.74) is 0.493. The number of carbonyl (C=O) groups excluding carboxylic acids is 2. The largest absolute Gasteiger partial charge is 0.493 e. The van der Waals surface area contributed by atoms with E-state index in [2.05, 4.69) is 0 Å². The Bertz CT molecular complexity index is 1170. The van der Waals surface area contributed by atoms with Crippen LogP contribution in [0.25, 0.3) is 0 Å². The molecule has 0 N–H and O–H groups in total. The predicted octanol–water partition coefficient (Wildman–Crippen LogP) is 4.95. The van der Waals surface area contributed by atoms with E-state index in [0.717, 1.165) is 5.56 Å². The van der Waals surface area contributed by atoms with Gasteiger partial charge in [0.2, 0.25) is 5.91 Å². The number of hydrogen-bond acceptors (Lipinski definition) is 5. The molecule has 0 bridgehead atoms. The molecule has 0 spiro atoms. The first-order valence-electron chi connectivity index (χ1n) is 11.7. The third-order valence-electron chi connectivity index (χ3n) is 5.82. The van der Waals surface area contributed by atoms with Gasteiger partial charge in [0.25, 0.3) is 5.91 Å². The summed E-state index contributed by atoms with van der Waals surface area (Å²) in [6.07, 6.45) is 2.11. The van der Waals surface area contributed by atoms with Gasteiger partial charge in [-0.1, -0.05) is 12.1 Å². The number of halogens is 1. The molecule has 0 atom stereocenters. The van der Waals surface area contributed by atoms with Crippen LogP contribution in [0, 0.1) is 5.82 Å². The van der Waals surface area contributed by atoms with Crippen LogP contribution in [0.1, 0.15) is 42.5 Å². The lowest BCUT2D eigenvalue weighted by atomic mass is 10.0. The first-order valence-corrected chi connectivity index (χ1v) is 11.7. The van der Waals surface area contributed by atoms with Gasteiger partial charge in [-0.3, -0.25) is 9.59 Å². The Morgan fingerprint density at radius 1 is 0.972 bits per heavy atom. The molecule has 36 heavy (non-hydrogen) atoms. The predicted molar refractivity (Wildman–Crippen MR) is 135 cm³/mol. The summed E-state index contributed by atoms with van der Waals surface area (Å²) < 4.78 is 30.0. The zero-order valence-corrected chi connectivity index (χ0v) is 21.4. The van der Waals surface area contributed by atoms with Crippen LogP contribution >= 0.6 is 0 Å². The summed E-state index contributed by atoms with van der Waals surface area (Å²) >= 11 is 0. The maximum absolute atomic E-state index is 13.8. The third-order valence-corrected chi connectivity index (χ3v) is 5.82. The fourth-order valence-electron chi connectivity index (χ4n) is 3.81. The Kier molecular flexibility index (Phi) is 8.74. The van der Waals surface area contributed by atoms with Gasteiger partial charge in [0, 0.05) is 17.6 Å². The van der Waals surface area contributed by atoms with Crippen molar-refractivity contribution in [2.75, 3.05) is 27.3 Å². The summed E-state index contributed by atoms with van der Waals surface area (Å²) in [6, 6.07) is 14.7. The third kappa shape index (κ3) is 6.87. The lowest BCUT2D eigenvalue weighted by Crippen LogP contribution is -2.51. The van der Waals surface area contributed by atoms with Crippen LogP contribution in [0.3, 0.4) is 0 Å². The fraction of sp³-hybridized carbons (Fsp3) is 0.357. The number of ether oxygens (including phenoxy) is 2. The molecule has 0 saturated heterocycles. The van der Waals surface area contributed by atoms with E-state index in [1.165, 1.54) is 23.1 Å². The Balaban J connectivity index is 1.81. The van der Waals surface area contributed by atoms with Crippen LogP contribution in [0.4, 0.5) is 4.39 Å². The zero-order valence-electron chi connectivity index (χ0n) is 21.4. The van der Waals surface area contributed by atoms with Gasteiger partial charge in [0.05, 0.1) is 27.0 Å². The molecule has 192 valence electrons. The molecule has 1 aromatic heterocycles. The van der Waals surface area contributed by atoms with E-state index in [1.54, 1.807) is 43.6 Å². The van der Waals surface area contributed by atoms with Gasteiger partial charge in [-0.25, -0.2) is 4.39 Å². The van der Waals surface area contributed by atoms with Gasteiger partial charge in [0.1, 0.15) is 18.1 Å². The second kappa shape index (κ2) is 11.7. The lowest BCUT2D eigenvalue weighted by Gasteiger charge is -2.36. The number of rotatable bonds is 10. The highest BCUT2D eigenvalue weighted by atomic mass is 19.1. The van der Waals surface area contributed by atoms with E-state index in [1.807, 2.05) is 39.0 Å². The van der Waals surface area contributed by atoms with Crippen molar-refractivity contribution in [1.82, 2.24) is 9.80 Å². The highest BCUT2D eigenvalue weighted by Crippen LogP contribution is 2.28. The maximum atomic E-state index is 13.8. The van der Waals surface area contributed by atoms with E-state index in [-0.39, 0.29) is 24.6 Å². The van der Waals surface area contributed by atoms with Crippen LogP contribution in [-0.2, 0) is 17.8 Å². The quantitative estimate of drug-likeness (QED) is 0.397. The SMILES string of the molecule is COc1ccc(CCN(Cc2ccco2)C(=O)CN(C(=O)c2cccc(F)c2)C(C)(C)C)cc1OC. The van der Waals surface area contributed by atoms with E-state index < -0.39 is 17.3 Å². The monoisotopic (exact) mass is 496 g/mol. The smallest absolute Gasteiger partial charge is 0.254 e. The average Bonchev–Trinajstić information content (AvgIpc) is 3.36. The minimum atomic E-state index is -0.668. The van der Waals surface area contributed by atoms with Gasteiger partial charge in [0.15, 0.2) is 11.5 Å². The van der Waals surface area contributed by atoms with Gasteiger partial charge >= 0.3 is 0 Å². The summed E-state index contributed by atoms with van der Waals surface area (Å²) in [5, 5.41) is 0. The number of benzene rings is 2. The van der Waals surface area contributed by atoms with Crippen LogP contribution in [-0.4, -0.2) is 54.5 Å². The molecule has 0 saturated carbocycles. The van der Waals surface area contributed by atoms with Crippen molar-refractivity contribution >= 4 is 11.8 Å². The van der Waals surface area contributed by atoms with Crippen molar-refractivity contribution in [2.24, 2.45) is 0 Å². The van der Waals surface area contributed by atoms with Gasteiger partial charge in [-0.15, -0.1) is 0 Å². The Hall–Kier alpha value is -3.81. The first-order chi connectivity index (χ1) is 17.1. The molecule has 0 aliphatic heterocycles. The van der Waals surface area contributed by atoms with Gasteiger partial charge in [-0.2, -0.15) is 0 Å². The van der Waals surface area contributed by atoms with Crippen molar-refractivity contribution in [3.05, 3.63) is 83.6 Å². The lowest BCUT2D eigenvalue weighted by molar-refractivity contribution is -0.133. The van der Waals surface area contributed by atoms with Crippen LogP contribution < -0.4 is 9.47 Å². The average molecular weight is 497 g/mol. The van der Waals surface area contributed by atoms with E-state index in [0.29, 0.717) is 30.2 Å². The molecule has 2 aromatic carbocycles. The maximum Gasteiger partial charge on any atom is 0.254 e. The van der Waals surface area contributed by atoms with Gasteiger partial charge < -0.3 is 23.7 Å². The van der Waals surface area contributed by atoms with E-state index >= 15 is 0 Å². The molecular weight excluding hydrogens is 463 g/mol. The second-order valence-corrected chi connectivity index (χ2v) is 9.41. The molecule has 1 heterocycles. The number of carbonyl (C=O) groups is 2. The fourth-order valence-corrected chi connectivity index (χ4v) is 3.81. The summed E-state index contributed by atoms with van der Waals surface area (Å²) in [4.78, 5) is 29.9. The van der Waals surface area contributed by atoms with Crippen LogP contribution in [0.2, 0.25) is 0 Å². The topological polar surface area (TPSA) is 72.2 Å². The zero-order chi connectivity index (χ0) is 26.3. The van der Waals surface area contributed by atoms with Crippen molar-refractivity contribution in [1.29, 1.82) is 0 Å². The molecular formula is C28H33FN2O5. The minimum Gasteiger partial charge on any atom is -0.493 e. The normalized spacial score (nSPS) is 11.2. The second-order valence-electron chi connectivity index (χ2n) is 9.41. The van der Waals surface area contributed by atoms with Crippen molar-refractivity contribution in [2.45, 2.75) is 39.3 Å². The first kappa shape index (κ1) is 26.8. The Labute approximate surface area is 211 Å². The summed E-state index contributed by atoms with van der Waals surface area (Å²) in [7, 11) is 3.15. The number of amides is 2. The van der Waals surface area contributed by atoms with E-state index in [9.17, 15) is 14.0 Å². The Morgan fingerprint density at radius 3 is 2.33 bits per heavy atom.